The van der Waals surface area contributed by atoms with Crippen LogP contribution in [0.2, 0.25) is 5.02 Å². The highest BCUT2D eigenvalue weighted by Crippen LogP contribution is 2.49. The minimum absolute atomic E-state index is 0.0975. The maximum Gasteiger partial charge on any atom is 0.255 e. The predicted octanol–water partition coefficient (Wildman–Crippen LogP) is 6.86. The smallest absolute Gasteiger partial charge is 0.255 e. The van der Waals surface area contributed by atoms with Gasteiger partial charge in [-0.15, -0.1) is 0 Å². The van der Waals surface area contributed by atoms with Gasteiger partial charge in [0.1, 0.15) is 24.0 Å². The molecule has 1 saturated carbocycles. The molecule has 0 atom stereocenters. The highest BCUT2D eigenvalue weighted by atomic mass is 35.5. The van der Waals surface area contributed by atoms with Crippen LogP contribution in [0.1, 0.15) is 40.2 Å². The first-order chi connectivity index (χ1) is 20.0. The predicted molar refractivity (Wildman–Crippen MR) is 162 cm³/mol. The van der Waals surface area contributed by atoms with E-state index >= 15 is 0 Å². The summed E-state index contributed by atoms with van der Waals surface area (Å²) in [5.74, 6) is -0.438. The maximum absolute atomic E-state index is 13.7. The molecule has 1 aliphatic rings. The van der Waals surface area contributed by atoms with Gasteiger partial charge in [0.25, 0.3) is 5.91 Å². The van der Waals surface area contributed by atoms with Crippen LogP contribution in [0.15, 0.2) is 65.6 Å². The van der Waals surface area contributed by atoms with Crippen molar-refractivity contribution in [2.24, 2.45) is 0 Å². The zero-order chi connectivity index (χ0) is 30.2. The second-order valence-electron chi connectivity index (χ2n) is 10.1. The van der Waals surface area contributed by atoms with Crippen molar-refractivity contribution in [3.63, 3.8) is 0 Å². The summed E-state index contributed by atoms with van der Waals surface area (Å²) in [5, 5.41) is 3.49. The van der Waals surface area contributed by atoms with Gasteiger partial charge in [-0.05, 0) is 77.9 Å². The lowest BCUT2D eigenvalue weighted by Gasteiger charge is -2.26. The number of rotatable bonds is 11. The first-order valence-electron chi connectivity index (χ1n) is 13.2. The Morgan fingerprint density at radius 3 is 2.48 bits per heavy atom. The highest BCUT2D eigenvalue weighted by molar-refractivity contribution is 7.92. The van der Waals surface area contributed by atoms with Crippen molar-refractivity contribution < 1.29 is 31.5 Å². The van der Waals surface area contributed by atoms with E-state index in [0.717, 1.165) is 24.7 Å². The number of methoxy groups -OCH3 is 1. The molecular weight excluding hydrogens is 583 g/mol. The summed E-state index contributed by atoms with van der Waals surface area (Å²) in [6.45, 7) is 4.30. The fourth-order valence-electron chi connectivity index (χ4n) is 4.95. The highest BCUT2D eigenvalue weighted by Gasteiger charge is 2.34. The van der Waals surface area contributed by atoms with Crippen LogP contribution in [0.3, 0.4) is 0 Å². The molecule has 1 heterocycles. The van der Waals surface area contributed by atoms with E-state index in [4.69, 9.17) is 25.5 Å². The van der Waals surface area contributed by atoms with Crippen molar-refractivity contribution in [1.82, 2.24) is 5.32 Å². The summed E-state index contributed by atoms with van der Waals surface area (Å²) < 4.78 is 58.1. The van der Waals surface area contributed by atoms with Gasteiger partial charge in [0.05, 0.1) is 34.8 Å². The minimum Gasteiger partial charge on any atom is -0.455 e. The molecule has 220 valence electrons. The number of carbonyl (C=O) groups is 1. The Morgan fingerprint density at radius 2 is 1.88 bits per heavy atom. The van der Waals surface area contributed by atoms with E-state index < -0.39 is 15.8 Å². The largest absolute Gasteiger partial charge is 0.455 e. The number of hydrogen-bond donors (Lipinski definition) is 1. The Hall–Kier alpha value is -3.70. The van der Waals surface area contributed by atoms with E-state index in [2.05, 4.69) is 11.9 Å². The van der Waals surface area contributed by atoms with Crippen molar-refractivity contribution in [2.75, 3.05) is 38.1 Å². The summed E-state index contributed by atoms with van der Waals surface area (Å²) in [7, 11) is -0.834. The average Bonchev–Trinajstić information content (AvgIpc) is 3.72. The second-order valence-corrected chi connectivity index (χ2v) is 12.4. The summed E-state index contributed by atoms with van der Waals surface area (Å²) in [4.78, 5) is 13.1. The van der Waals surface area contributed by atoms with Crippen LogP contribution in [-0.4, -0.2) is 48.1 Å². The Morgan fingerprint density at radius 1 is 1.17 bits per heavy atom. The van der Waals surface area contributed by atoms with Crippen LogP contribution in [-0.2, 0) is 19.5 Å². The van der Waals surface area contributed by atoms with E-state index in [1.807, 2.05) is 6.07 Å². The van der Waals surface area contributed by atoms with Crippen LogP contribution in [0, 0.1) is 5.82 Å². The van der Waals surface area contributed by atoms with Gasteiger partial charge in [-0.2, -0.15) is 0 Å². The van der Waals surface area contributed by atoms with Crippen molar-refractivity contribution >= 4 is 55.4 Å². The molecule has 0 bridgehead atoms. The van der Waals surface area contributed by atoms with Gasteiger partial charge in [-0.1, -0.05) is 24.2 Å². The second kappa shape index (κ2) is 11.9. The Labute approximate surface area is 248 Å². The lowest BCUT2D eigenvalue weighted by Crippen LogP contribution is -2.26. The van der Waals surface area contributed by atoms with Crippen LogP contribution in [0.4, 0.5) is 15.8 Å². The van der Waals surface area contributed by atoms with Crippen molar-refractivity contribution in [3.05, 3.63) is 88.7 Å². The molecule has 1 fully saturated rings. The fourth-order valence-corrected chi connectivity index (χ4v) is 6.27. The van der Waals surface area contributed by atoms with Gasteiger partial charge >= 0.3 is 0 Å². The quantitative estimate of drug-likeness (QED) is 0.147. The lowest BCUT2D eigenvalue weighted by atomic mass is 10.00. The molecule has 1 aromatic heterocycles. The number of fused-ring (bicyclic) bond motifs is 1. The van der Waals surface area contributed by atoms with E-state index in [0.29, 0.717) is 49.6 Å². The molecule has 5 rings (SSSR count). The SMILES string of the molecule is C=C(COCOC)c1ccc(N(c2cc3oc(-c4ccc(F)cc4)c(C(=O)NC)c3cc2C2CC2)S(C)(=O)=O)cc1Cl. The van der Waals surface area contributed by atoms with Crippen molar-refractivity contribution in [2.45, 2.75) is 18.8 Å². The number of benzene rings is 3. The van der Waals surface area contributed by atoms with Gasteiger partial charge in [-0.3, -0.25) is 4.79 Å². The zero-order valence-corrected chi connectivity index (χ0v) is 24.9. The molecule has 0 unspecified atom stereocenters. The zero-order valence-electron chi connectivity index (χ0n) is 23.4. The minimum atomic E-state index is -3.87. The lowest BCUT2D eigenvalue weighted by molar-refractivity contribution is -0.0164. The number of sulfonamides is 1. The van der Waals surface area contributed by atoms with E-state index in [-0.39, 0.29) is 31.0 Å². The Kier molecular flexibility index (Phi) is 8.43. The summed E-state index contributed by atoms with van der Waals surface area (Å²) >= 11 is 6.62. The normalized spacial score (nSPS) is 13.4. The maximum atomic E-state index is 13.7. The van der Waals surface area contributed by atoms with Crippen molar-refractivity contribution in [3.8, 4) is 11.3 Å². The number of furan rings is 1. The first kappa shape index (κ1) is 29.8. The van der Waals surface area contributed by atoms with Crippen LogP contribution >= 0.6 is 11.6 Å². The van der Waals surface area contributed by atoms with Gasteiger partial charge < -0.3 is 19.2 Å². The standard InChI is InChI=1S/C31H30ClFN2O6S/c1-18(16-40-17-39-3)23-12-11-22(13-26(23)32)35(42(4,37)38)27-15-28-25(14-24(27)19-5-6-19)29(31(36)34-2)30(41-28)20-7-9-21(33)10-8-20/h7-15,19H,1,5-6,16-17H2,2-4H3,(H,34,36). The summed E-state index contributed by atoms with van der Waals surface area (Å²) in [5.41, 5.74) is 3.84. The molecule has 0 radical (unpaired) electrons. The van der Waals surface area contributed by atoms with Gasteiger partial charge in [-0.25, -0.2) is 17.1 Å². The third-order valence-corrected chi connectivity index (χ3v) is 8.39. The van der Waals surface area contributed by atoms with E-state index in [9.17, 15) is 17.6 Å². The molecule has 0 saturated heterocycles. The summed E-state index contributed by atoms with van der Waals surface area (Å²) in [6.07, 6.45) is 2.86. The number of nitrogens with zero attached hydrogens (tertiary/aromatic N) is 1. The number of hydrogen-bond acceptors (Lipinski definition) is 6. The number of amides is 1. The summed E-state index contributed by atoms with van der Waals surface area (Å²) in [6, 6.07) is 14.0. The molecule has 11 heteroatoms. The Balaban J connectivity index is 1.67. The third kappa shape index (κ3) is 5.94. The Bertz CT molecular complexity index is 1780. The van der Waals surface area contributed by atoms with Gasteiger partial charge in [0, 0.05) is 31.2 Å². The molecule has 1 N–H and O–H groups in total. The topological polar surface area (TPSA) is 98.1 Å². The number of halogens is 2. The average molecular weight is 613 g/mol. The number of carbonyl (C=O) groups excluding carboxylic acids is 1. The van der Waals surface area contributed by atoms with Crippen LogP contribution in [0.25, 0.3) is 27.9 Å². The van der Waals surface area contributed by atoms with Gasteiger partial charge in [0.15, 0.2) is 0 Å². The molecule has 42 heavy (non-hydrogen) atoms. The van der Waals surface area contributed by atoms with E-state index in [1.54, 1.807) is 24.3 Å². The molecule has 8 nitrogen and oxygen atoms in total. The number of nitrogens with one attached hydrogen (secondary N) is 1. The number of ether oxygens (including phenoxy) is 2. The van der Waals surface area contributed by atoms with Crippen LogP contribution in [0.5, 0.6) is 0 Å². The molecule has 0 aliphatic heterocycles. The van der Waals surface area contributed by atoms with Crippen molar-refractivity contribution in [1.29, 1.82) is 0 Å². The fraction of sp³-hybridized carbons (Fsp3) is 0.258. The number of anilines is 2. The molecule has 1 amide bonds. The van der Waals surface area contributed by atoms with Gasteiger partial charge in [0.2, 0.25) is 10.0 Å². The third-order valence-electron chi connectivity index (χ3n) is 7.01. The van der Waals surface area contributed by atoms with Crippen LogP contribution < -0.4 is 9.62 Å². The molecule has 4 aromatic rings. The first-order valence-corrected chi connectivity index (χ1v) is 15.4. The molecular formula is C31H30ClFN2O6S. The van der Waals surface area contributed by atoms with E-state index in [1.165, 1.54) is 42.7 Å². The molecule has 3 aromatic carbocycles. The molecule has 1 aliphatic carbocycles. The monoisotopic (exact) mass is 612 g/mol. The molecule has 0 spiro atoms.